The number of rotatable bonds is 4. The van der Waals surface area contributed by atoms with Crippen LogP contribution in [-0.2, 0) is 13.6 Å². The Kier molecular flexibility index (Phi) is 4.59. The molecule has 3 rings (SSSR count). The van der Waals surface area contributed by atoms with Crippen molar-refractivity contribution in [1.82, 2.24) is 19.6 Å². The zero-order valence-electron chi connectivity index (χ0n) is 14.0. The first-order valence-electron chi connectivity index (χ1n) is 7.64. The van der Waals surface area contributed by atoms with Crippen molar-refractivity contribution < 1.29 is 9.18 Å². The molecule has 0 aliphatic rings. The van der Waals surface area contributed by atoms with E-state index in [2.05, 4.69) is 15.5 Å². The molecule has 0 aliphatic heterocycles. The van der Waals surface area contributed by atoms with Crippen LogP contribution in [0.25, 0.3) is 0 Å². The number of hydrogen-bond donors (Lipinski definition) is 1. The molecule has 1 amide bonds. The summed E-state index contributed by atoms with van der Waals surface area (Å²) in [7, 11) is 1.77. The zero-order chi connectivity index (χ0) is 18.1. The number of carbonyl (C=O) groups excluding carboxylic acids is 1. The fourth-order valence-electron chi connectivity index (χ4n) is 2.47. The van der Waals surface area contributed by atoms with Crippen LogP contribution in [0.15, 0.2) is 30.5 Å². The van der Waals surface area contributed by atoms with E-state index >= 15 is 0 Å². The van der Waals surface area contributed by atoms with Crippen molar-refractivity contribution in [3.05, 3.63) is 63.8 Å². The lowest BCUT2D eigenvalue weighted by Crippen LogP contribution is -2.14. The molecular weight excluding hydrogens is 345 g/mol. The van der Waals surface area contributed by atoms with Crippen LogP contribution in [0.2, 0.25) is 5.02 Å². The molecule has 3 aromatic rings. The molecule has 0 fully saturated rings. The fraction of sp³-hybridized carbons (Fsp3) is 0.235. The number of nitrogens with zero attached hydrogens (tertiary/aromatic N) is 4. The molecule has 0 bridgehead atoms. The van der Waals surface area contributed by atoms with Gasteiger partial charge in [-0.25, -0.2) is 4.39 Å². The van der Waals surface area contributed by atoms with Gasteiger partial charge in [0, 0.05) is 35.1 Å². The van der Waals surface area contributed by atoms with Gasteiger partial charge in [-0.1, -0.05) is 17.7 Å². The van der Waals surface area contributed by atoms with Gasteiger partial charge in [-0.3, -0.25) is 14.2 Å². The van der Waals surface area contributed by atoms with E-state index in [1.54, 1.807) is 34.6 Å². The summed E-state index contributed by atoms with van der Waals surface area (Å²) in [4.78, 5) is 12.3. The molecule has 6 nitrogen and oxygen atoms in total. The zero-order valence-corrected chi connectivity index (χ0v) is 14.8. The minimum atomic E-state index is -0.390. The fourth-order valence-corrected chi connectivity index (χ4v) is 2.69. The van der Waals surface area contributed by atoms with Gasteiger partial charge >= 0.3 is 0 Å². The van der Waals surface area contributed by atoms with Gasteiger partial charge in [0.25, 0.3) is 5.91 Å². The smallest absolute Gasteiger partial charge is 0.260 e. The molecule has 0 saturated heterocycles. The van der Waals surface area contributed by atoms with Crippen LogP contribution in [0.3, 0.4) is 0 Å². The summed E-state index contributed by atoms with van der Waals surface area (Å²) in [5.41, 5.74) is 2.37. The predicted molar refractivity (Wildman–Crippen MR) is 93.4 cm³/mol. The Balaban J connectivity index is 1.81. The van der Waals surface area contributed by atoms with E-state index in [0.717, 1.165) is 11.4 Å². The number of benzene rings is 1. The minimum Gasteiger partial charge on any atom is -0.305 e. The van der Waals surface area contributed by atoms with Gasteiger partial charge in [-0.2, -0.15) is 10.2 Å². The van der Waals surface area contributed by atoms with Crippen molar-refractivity contribution in [3.8, 4) is 0 Å². The third-order valence-electron chi connectivity index (χ3n) is 4.07. The van der Waals surface area contributed by atoms with E-state index in [-0.39, 0.29) is 18.3 Å². The lowest BCUT2D eigenvalue weighted by molar-refractivity contribution is 0.102. The molecule has 1 aromatic carbocycles. The van der Waals surface area contributed by atoms with Gasteiger partial charge in [0.15, 0.2) is 5.82 Å². The highest BCUT2D eigenvalue weighted by Crippen LogP contribution is 2.21. The maximum atomic E-state index is 13.9. The SMILES string of the molecule is Cc1c(C(=O)Nc2cc(C)n(Cc3c(F)cccc3Cl)n2)cnn1C. The second-order valence-corrected chi connectivity index (χ2v) is 6.16. The quantitative estimate of drug-likeness (QED) is 0.775. The maximum absolute atomic E-state index is 13.9. The number of amides is 1. The molecule has 2 aromatic heterocycles. The highest BCUT2D eigenvalue weighted by molar-refractivity contribution is 6.31. The van der Waals surface area contributed by atoms with Crippen LogP contribution >= 0.6 is 11.6 Å². The van der Waals surface area contributed by atoms with E-state index in [9.17, 15) is 9.18 Å². The molecule has 0 atom stereocenters. The maximum Gasteiger partial charge on any atom is 0.260 e. The standard InChI is InChI=1S/C17H17ClFN5O/c1-10-7-16(21-17(25)12-8-20-23(3)11(12)2)22-24(10)9-13-14(18)5-4-6-15(13)19/h4-8H,9H2,1-3H3,(H,21,22,25). The number of nitrogens with one attached hydrogen (secondary N) is 1. The van der Waals surface area contributed by atoms with Crippen LogP contribution < -0.4 is 5.32 Å². The minimum absolute atomic E-state index is 0.180. The predicted octanol–water partition coefficient (Wildman–Crippen LogP) is 3.33. The van der Waals surface area contributed by atoms with Crippen molar-refractivity contribution >= 4 is 23.3 Å². The first-order chi connectivity index (χ1) is 11.9. The summed E-state index contributed by atoms with van der Waals surface area (Å²) in [6, 6.07) is 6.26. The van der Waals surface area contributed by atoms with Crippen LogP contribution in [-0.4, -0.2) is 25.5 Å². The normalized spacial score (nSPS) is 10.9. The van der Waals surface area contributed by atoms with Crippen molar-refractivity contribution in [2.75, 3.05) is 5.32 Å². The third-order valence-corrected chi connectivity index (χ3v) is 4.43. The summed E-state index contributed by atoms with van der Waals surface area (Å²) in [5, 5.41) is 11.4. The topological polar surface area (TPSA) is 64.7 Å². The summed E-state index contributed by atoms with van der Waals surface area (Å²) in [6.07, 6.45) is 1.51. The van der Waals surface area contributed by atoms with Crippen LogP contribution in [0, 0.1) is 19.7 Å². The summed E-state index contributed by atoms with van der Waals surface area (Å²) < 4.78 is 17.2. The monoisotopic (exact) mass is 361 g/mol. The molecule has 0 unspecified atom stereocenters. The Hall–Kier alpha value is -2.67. The second-order valence-electron chi connectivity index (χ2n) is 5.75. The van der Waals surface area contributed by atoms with Crippen LogP contribution in [0.4, 0.5) is 10.2 Å². The lowest BCUT2D eigenvalue weighted by atomic mass is 10.2. The highest BCUT2D eigenvalue weighted by Gasteiger charge is 2.16. The van der Waals surface area contributed by atoms with Gasteiger partial charge in [0.1, 0.15) is 5.82 Å². The Bertz CT molecular complexity index is 926. The Morgan fingerprint density at radius 1 is 1.36 bits per heavy atom. The molecule has 130 valence electrons. The molecule has 25 heavy (non-hydrogen) atoms. The van der Waals surface area contributed by atoms with E-state index in [0.29, 0.717) is 22.0 Å². The Morgan fingerprint density at radius 3 is 2.76 bits per heavy atom. The van der Waals surface area contributed by atoms with E-state index < -0.39 is 0 Å². The molecule has 1 N–H and O–H groups in total. The number of halogens is 2. The third kappa shape index (κ3) is 3.41. The Morgan fingerprint density at radius 2 is 2.12 bits per heavy atom. The average Bonchev–Trinajstić information content (AvgIpc) is 3.06. The summed E-state index contributed by atoms with van der Waals surface area (Å²) >= 11 is 6.06. The van der Waals surface area contributed by atoms with Gasteiger partial charge in [-0.05, 0) is 26.0 Å². The molecular formula is C17H17ClFN5O. The van der Waals surface area contributed by atoms with Gasteiger partial charge < -0.3 is 5.32 Å². The molecule has 2 heterocycles. The van der Waals surface area contributed by atoms with Gasteiger partial charge in [0.05, 0.1) is 18.3 Å². The molecule has 8 heteroatoms. The number of anilines is 1. The van der Waals surface area contributed by atoms with Crippen molar-refractivity contribution in [2.24, 2.45) is 7.05 Å². The summed E-state index contributed by atoms with van der Waals surface area (Å²) in [6.45, 7) is 3.82. The molecule has 0 radical (unpaired) electrons. The van der Waals surface area contributed by atoms with Crippen molar-refractivity contribution in [1.29, 1.82) is 0 Å². The second kappa shape index (κ2) is 6.68. The number of hydrogen-bond acceptors (Lipinski definition) is 3. The Labute approximate surface area is 149 Å². The largest absolute Gasteiger partial charge is 0.305 e. The first kappa shape index (κ1) is 17.2. The highest BCUT2D eigenvalue weighted by atomic mass is 35.5. The number of aryl methyl sites for hydroxylation is 2. The van der Waals surface area contributed by atoms with E-state index in [1.165, 1.54) is 12.3 Å². The van der Waals surface area contributed by atoms with Crippen molar-refractivity contribution in [2.45, 2.75) is 20.4 Å². The molecule has 0 aliphatic carbocycles. The first-order valence-corrected chi connectivity index (χ1v) is 8.02. The van der Waals surface area contributed by atoms with Crippen LogP contribution in [0.1, 0.15) is 27.3 Å². The number of aromatic nitrogens is 4. The van der Waals surface area contributed by atoms with Crippen molar-refractivity contribution in [3.63, 3.8) is 0 Å². The number of carbonyl (C=O) groups is 1. The summed E-state index contributed by atoms with van der Waals surface area (Å²) in [5.74, 6) is -0.295. The molecule has 0 spiro atoms. The van der Waals surface area contributed by atoms with Gasteiger partial charge in [0.2, 0.25) is 0 Å². The van der Waals surface area contributed by atoms with Gasteiger partial charge in [-0.15, -0.1) is 0 Å². The molecule has 0 saturated carbocycles. The van der Waals surface area contributed by atoms with E-state index in [1.807, 2.05) is 13.8 Å². The average molecular weight is 362 g/mol. The lowest BCUT2D eigenvalue weighted by Gasteiger charge is -2.07. The van der Waals surface area contributed by atoms with E-state index in [4.69, 9.17) is 11.6 Å². The van der Waals surface area contributed by atoms with Crippen LogP contribution in [0.5, 0.6) is 0 Å².